The summed E-state index contributed by atoms with van der Waals surface area (Å²) >= 11 is 6.51. The van der Waals surface area contributed by atoms with Gasteiger partial charge < -0.3 is 9.30 Å². The maximum Gasteiger partial charge on any atom is 0.150 e. The van der Waals surface area contributed by atoms with Gasteiger partial charge in [-0.2, -0.15) is 5.26 Å². The summed E-state index contributed by atoms with van der Waals surface area (Å²) in [6.45, 7) is 3.72. The summed E-state index contributed by atoms with van der Waals surface area (Å²) in [6, 6.07) is 8.97. The molecule has 164 valence electrons. The summed E-state index contributed by atoms with van der Waals surface area (Å²) in [4.78, 5) is 4.81. The Morgan fingerprint density at radius 3 is 2.35 bits per heavy atom. The van der Waals surface area contributed by atoms with Crippen LogP contribution in [0.25, 0.3) is 0 Å². The van der Waals surface area contributed by atoms with Gasteiger partial charge in [-0.25, -0.2) is 9.37 Å². The number of ether oxygens (including phenoxy) is 1. The van der Waals surface area contributed by atoms with Gasteiger partial charge in [0, 0.05) is 6.54 Å². The first kappa shape index (κ1) is 21.0. The lowest BCUT2D eigenvalue weighted by Crippen LogP contribution is -2.43. The van der Waals surface area contributed by atoms with E-state index in [0.717, 1.165) is 30.2 Å². The van der Waals surface area contributed by atoms with Gasteiger partial charge in [0.25, 0.3) is 0 Å². The number of nitriles is 1. The summed E-state index contributed by atoms with van der Waals surface area (Å²) in [7, 11) is 0. The first-order chi connectivity index (χ1) is 14.9. The van der Waals surface area contributed by atoms with Crippen LogP contribution in [0.4, 0.5) is 4.39 Å². The van der Waals surface area contributed by atoms with Crippen LogP contribution in [0.5, 0.6) is 0 Å². The number of hydrogen-bond acceptors (Lipinski definition) is 3. The molecule has 0 N–H and O–H groups in total. The molecule has 3 aliphatic carbocycles. The van der Waals surface area contributed by atoms with Gasteiger partial charge in [-0.15, -0.1) is 0 Å². The van der Waals surface area contributed by atoms with Crippen LogP contribution in [0, 0.1) is 35.9 Å². The van der Waals surface area contributed by atoms with E-state index < -0.39 is 11.0 Å². The molecule has 6 heteroatoms. The van der Waals surface area contributed by atoms with E-state index in [-0.39, 0.29) is 5.82 Å². The lowest BCUT2D eigenvalue weighted by Gasteiger charge is -2.43. The van der Waals surface area contributed by atoms with Crippen molar-refractivity contribution in [2.45, 2.75) is 75.9 Å². The van der Waals surface area contributed by atoms with E-state index in [4.69, 9.17) is 21.3 Å². The fraction of sp³-hybridized carbons (Fsp3) is 0.600. The van der Waals surface area contributed by atoms with Gasteiger partial charge in [0.1, 0.15) is 22.4 Å². The third-order valence-corrected chi connectivity index (χ3v) is 7.88. The Bertz CT molecular complexity index is 993. The Labute approximate surface area is 188 Å². The van der Waals surface area contributed by atoms with Gasteiger partial charge in [-0.1, -0.05) is 23.7 Å². The van der Waals surface area contributed by atoms with Crippen LogP contribution in [0.1, 0.15) is 68.4 Å². The molecule has 0 amide bonds. The molecule has 1 aromatic carbocycles. The maximum absolute atomic E-state index is 13.5. The SMILES string of the molecule is Cc1c(Cl)nc([C@]2(OCC3CC3)CC[C@](C#N)(c3ccc(F)cc3)CC2)n1CC1CC1. The van der Waals surface area contributed by atoms with Crippen LogP contribution < -0.4 is 0 Å². The monoisotopic (exact) mass is 441 g/mol. The van der Waals surface area contributed by atoms with Crippen molar-refractivity contribution < 1.29 is 9.13 Å². The maximum atomic E-state index is 13.5. The molecule has 0 atom stereocenters. The predicted molar refractivity (Wildman–Crippen MR) is 117 cm³/mol. The highest BCUT2D eigenvalue weighted by molar-refractivity contribution is 6.30. The van der Waals surface area contributed by atoms with Crippen molar-refractivity contribution in [1.82, 2.24) is 9.55 Å². The number of nitrogens with zero attached hydrogens (tertiary/aromatic N) is 3. The average Bonchev–Trinajstić information content (AvgIpc) is 3.70. The number of aromatic nitrogens is 2. The molecule has 4 nitrogen and oxygen atoms in total. The van der Waals surface area contributed by atoms with Gasteiger partial charge in [0.2, 0.25) is 0 Å². The highest BCUT2D eigenvalue weighted by atomic mass is 35.5. The van der Waals surface area contributed by atoms with Gasteiger partial charge in [-0.3, -0.25) is 0 Å². The number of imidazole rings is 1. The second-order valence-corrected chi connectivity index (χ2v) is 10.2. The third-order valence-electron chi connectivity index (χ3n) is 7.52. The van der Waals surface area contributed by atoms with E-state index in [2.05, 4.69) is 10.6 Å². The van der Waals surface area contributed by atoms with E-state index >= 15 is 0 Å². The van der Waals surface area contributed by atoms with Crippen LogP contribution >= 0.6 is 11.6 Å². The molecule has 0 radical (unpaired) electrons. The Morgan fingerprint density at radius 2 is 1.77 bits per heavy atom. The molecule has 1 aromatic heterocycles. The zero-order valence-electron chi connectivity index (χ0n) is 18.0. The van der Waals surface area contributed by atoms with Crippen LogP contribution in [-0.4, -0.2) is 16.2 Å². The number of hydrogen-bond donors (Lipinski definition) is 0. The van der Waals surface area contributed by atoms with Crippen molar-refractivity contribution in [3.63, 3.8) is 0 Å². The van der Waals surface area contributed by atoms with Crippen LogP contribution in [-0.2, 0) is 22.3 Å². The molecule has 31 heavy (non-hydrogen) atoms. The molecule has 2 aromatic rings. The minimum absolute atomic E-state index is 0.276. The Balaban J connectivity index is 1.47. The fourth-order valence-corrected chi connectivity index (χ4v) is 5.13. The van der Waals surface area contributed by atoms with E-state index in [9.17, 15) is 9.65 Å². The number of benzene rings is 1. The van der Waals surface area contributed by atoms with Crippen molar-refractivity contribution in [3.8, 4) is 6.07 Å². The zero-order valence-corrected chi connectivity index (χ0v) is 18.8. The van der Waals surface area contributed by atoms with Crippen molar-refractivity contribution in [3.05, 3.63) is 52.3 Å². The molecule has 1 heterocycles. The summed E-state index contributed by atoms with van der Waals surface area (Å²) in [6.07, 6.45) is 7.71. The molecule has 0 unspecified atom stereocenters. The van der Waals surface area contributed by atoms with Crippen LogP contribution in [0.15, 0.2) is 24.3 Å². The van der Waals surface area contributed by atoms with E-state index in [0.29, 0.717) is 42.7 Å². The molecule has 3 fully saturated rings. The zero-order chi connectivity index (χ0) is 21.6. The topological polar surface area (TPSA) is 50.8 Å². The highest BCUT2D eigenvalue weighted by Gasteiger charge is 2.49. The molecule has 0 aliphatic heterocycles. The molecule has 3 aliphatic rings. The third kappa shape index (κ3) is 4.01. The predicted octanol–water partition coefficient (Wildman–Crippen LogP) is 6.05. The standard InChI is InChI=1S/C25H29ClFN3O/c1-17-22(26)29-23(30(17)14-18-2-3-18)25(31-15-19-4-5-19)12-10-24(16-28,11-13-25)20-6-8-21(27)9-7-20/h6-9,18-19H,2-5,10-15H2,1H3/t24-,25-. The molecule has 0 spiro atoms. The second-order valence-electron chi connectivity index (χ2n) is 9.82. The molecule has 0 bridgehead atoms. The summed E-state index contributed by atoms with van der Waals surface area (Å²) in [5, 5.41) is 10.7. The Kier molecular flexibility index (Phi) is 5.35. The molecule has 5 rings (SSSR count). The van der Waals surface area contributed by atoms with Crippen LogP contribution in [0.2, 0.25) is 5.15 Å². The molecule has 3 saturated carbocycles. The lowest BCUT2D eigenvalue weighted by atomic mass is 9.65. The summed E-state index contributed by atoms with van der Waals surface area (Å²) < 4.78 is 22.4. The Hall–Kier alpha value is -1.90. The van der Waals surface area contributed by atoms with Crippen molar-refractivity contribution >= 4 is 11.6 Å². The van der Waals surface area contributed by atoms with E-state index in [1.54, 1.807) is 12.1 Å². The molecule has 0 saturated heterocycles. The van der Waals surface area contributed by atoms with Crippen LogP contribution in [0.3, 0.4) is 0 Å². The van der Waals surface area contributed by atoms with Crippen molar-refractivity contribution in [1.29, 1.82) is 5.26 Å². The first-order valence-electron chi connectivity index (χ1n) is 11.5. The van der Waals surface area contributed by atoms with Crippen molar-refractivity contribution in [2.24, 2.45) is 11.8 Å². The molecular weight excluding hydrogens is 413 g/mol. The number of rotatable bonds is 7. The largest absolute Gasteiger partial charge is 0.367 e. The fourth-order valence-electron chi connectivity index (χ4n) is 4.94. The van der Waals surface area contributed by atoms with E-state index in [1.807, 2.05) is 6.92 Å². The summed E-state index contributed by atoms with van der Waals surface area (Å²) in [5.41, 5.74) is 0.763. The molecular formula is C25H29ClFN3O. The second kappa shape index (κ2) is 7.90. The quantitative estimate of drug-likeness (QED) is 0.525. The van der Waals surface area contributed by atoms with Gasteiger partial charge in [0.05, 0.1) is 23.8 Å². The number of halogens is 2. The van der Waals surface area contributed by atoms with Gasteiger partial charge in [-0.05, 0) is 87.8 Å². The average molecular weight is 442 g/mol. The highest BCUT2D eigenvalue weighted by Crippen LogP contribution is 2.50. The van der Waals surface area contributed by atoms with Crippen molar-refractivity contribution in [2.75, 3.05) is 6.61 Å². The minimum Gasteiger partial charge on any atom is -0.367 e. The summed E-state index contributed by atoms with van der Waals surface area (Å²) in [5.74, 6) is 2.00. The van der Waals surface area contributed by atoms with Gasteiger partial charge in [0.15, 0.2) is 0 Å². The lowest BCUT2D eigenvalue weighted by molar-refractivity contribution is -0.0960. The van der Waals surface area contributed by atoms with E-state index in [1.165, 1.54) is 37.8 Å². The minimum atomic E-state index is -0.618. The smallest absolute Gasteiger partial charge is 0.150 e. The van der Waals surface area contributed by atoms with Gasteiger partial charge >= 0.3 is 0 Å². The normalized spacial score (nSPS) is 28.5. The first-order valence-corrected chi connectivity index (χ1v) is 11.9. The Morgan fingerprint density at radius 1 is 1.13 bits per heavy atom.